The molecule has 1 aromatic carbocycles. The fourth-order valence-corrected chi connectivity index (χ4v) is 2.75. The van der Waals surface area contributed by atoms with Crippen LogP contribution in [0.25, 0.3) is 0 Å². The average molecular weight is 293 g/mol. The summed E-state index contributed by atoms with van der Waals surface area (Å²) >= 11 is 0. The van der Waals surface area contributed by atoms with Crippen LogP contribution in [0.3, 0.4) is 0 Å². The van der Waals surface area contributed by atoms with E-state index in [1.165, 1.54) is 6.07 Å². The van der Waals surface area contributed by atoms with Crippen LogP contribution in [-0.2, 0) is 6.54 Å². The van der Waals surface area contributed by atoms with Crippen LogP contribution in [0.2, 0.25) is 0 Å². The van der Waals surface area contributed by atoms with E-state index < -0.39 is 10.9 Å². The molecule has 0 bridgehead atoms. The Morgan fingerprint density at radius 3 is 2.76 bits per heavy atom. The Hall–Kier alpha value is -1.99. The SMILES string of the molecule is CC1CN(C)CCN1Cc1cccc([N+](=O)[O-])c1C(=O)O. The summed E-state index contributed by atoms with van der Waals surface area (Å²) in [6.45, 7) is 5.12. The van der Waals surface area contributed by atoms with Crippen molar-refractivity contribution >= 4 is 11.7 Å². The molecule has 21 heavy (non-hydrogen) atoms. The van der Waals surface area contributed by atoms with E-state index in [4.69, 9.17) is 0 Å². The standard InChI is InChI=1S/C14H19N3O4/c1-10-8-15(2)6-7-16(10)9-11-4-3-5-12(17(20)21)13(11)14(18)19/h3-5,10H,6-9H2,1-2H3,(H,18,19). The van der Waals surface area contributed by atoms with E-state index >= 15 is 0 Å². The minimum atomic E-state index is -1.25. The number of piperazine rings is 1. The van der Waals surface area contributed by atoms with Crippen molar-refractivity contribution in [2.75, 3.05) is 26.7 Å². The highest BCUT2D eigenvalue weighted by Gasteiger charge is 2.27. The summed E-state index contributed by atoms with van der Waals surface area (Å²) in [4.78, 5) is 26.1. The fourth-order valence-electron chi connectivity index (χ4n) is 2.75. The van der Waals surface area contributed by atoms with Gasteiger partial charge in [-0.05, 0) is 19.5 Å². The second-order valence-corrected chi connectivity index (χ2v) is 5.46. The Morgan fingerprint density at radius 2 is 2.19 bits per heavy atom. The maximum absolute atomic E-state index is 11.4. The summed E-state index contributed by atoms with van der Waals surface area (Å²) in [6, 6.07) is 4.72. The number of hydrogen-bond acceptors (Lipinski definition) is 5. The van der Waals surface area contributed by atoms with E-state index in [0.717, 1.165) is 19.6 Å². The van der Waals surface area contributed by atoms with Crippen LogP contribution in [0, 0.1) is 10.1 Å². The lowest BCUT2D eigenvalue weighted by Crippen LogP contribution is -2.49. The molecule has 1 unspecified atom stereocenters. The molecule has 0 amide bonds. The van der Waals surface area contributed by atoms with Gasteiger partial charge in [-0.1, -0.05) is 12.1 Å². The molecule has 1 heterocycles. The topological polar surface area (TPSA) is 86.9 Å². The summed E-state index contributed by atoms with van der Waals surface area (Å²) < 4.78 is 0. The molecule has 0 saturated carbocycles. The minimum Gasteiger partial charge on any atom is -0.477 e. The molecule has 1 aromatic rings. The number of benzene rings is 1. The first-order valence-electron chi connectivity index (χ1n) is 6.82. The zero-order valence-electron chi connectivity index (χ0n) is 12.2. The van der Waals surface area contributed by atoms with Gasteiger partial charge in [0.2, 0.25) is 0 Å². The van der Waals surface area contributed by atoms with Crippen LogP contribution in [0.15, 0.2) is 18.2 Å². The summed E-state index contributed by atoms with van der Waals surface area (Å²) in [5, 5.41) is 20.3. The van der Waals surface area contributed by atoms with Crippen LogP contribution in [0.5, 0.6) is 0 Å². The van der Waals surface area contributed by atoms with E-state index in [2.05, 4.69) is 16.7 Å². The van der Waals surface area contributed by atoms with Gasteiger partial charge in [0, 0.05) is 38.3 Å². The van der Waals surface area contributed by atoms with Gasteiger partial charge < -0.3 is 10.0 Å². The third-order valence-corrected chi connectivity index (χ3v) is 3.88. The predicted molar refractivity (Wildman–Crippen MR) is 77.4 cm³/mol. The van der Waals surface area contributed by atoms with Crippen molar-refractivity contribution in [1.82, 2.24) is 9.80 Å². The molecule has 1 aliphatic heterocycles. The van der Waals surface area contributed by atoms with E-state index in [9.17, 15) is 20.0 Å². The van der Waals surface area contributed by atoms with Crippen LogP contribution in [0.4, 0.5) is 5.69 Å². The van der Waals surface area contributed by atoms with Crippen LogP contribution in [0.1, 0.15) is 22.8 Å². The minimum absolute atomic E-state index is 0.200. The van der Waals surface area contributed by atoms with Crippen molar-refractivity contribution in [2.45, 2.75) is 19.5 Å². The van der Waals surface area contributed by atoms with Gasteiger partial charge in [0.05, 0.1) is 4.92 Å². The number of likely N-dealkylation sites (N-methyl/N-ethyl adjacent to an activating group) is 1. The summed E-state index contributed by atoms with van der Waals surface area (Å²) in [6.07, 6.45) is 0. The van der Waals surface area contributed by atoms with Crippen molar-refractivity contribution in [2.24, 2.45) is 0 Å². The highest BCUT2D eigenvalue weighted by atomic mass is 16.6. The number of carboxylic acids is 1. The Balaban J connectivity index is 2.30. The van der Waals surface area contributed by atoms with Crippen LogP contribution < -0.4 is 0 Å². The number of carboxylic acid groups (broad SMARTS) is 1. The van der Waals surface area contributed by atoms with Crippen molar-refractivity contribution in [3.63, 3.8) is 0 Å². The van der Waals surface area contributed by atoms with E-state index in [1.807, 2.05) is 7.05 Å². The van der Waals surface area contributed by atoms with E-state index in [-0.39, 0.29) is 17.3 Å². The van der Waals surface area contributed by atoms with E-state index in [0.29, 0.717) is 12.1 Å². The monoisotopic (exact) mass is 293 g/mol. The number of rotatable bonds is 4. The molecule has 114 valence electrons. The lowest BCUT2D eigenvalue weighted by Gasteiger charge is -2.38. The lowest BCUT2D eigenvalue weighted by molar-refractivity contribution is -0.385. The third kappa shape index (κ3) is 3.37. The van der Waals surface area contributed by atoms with E-state index in [1.54, 1.807) is 12.1 Å². The molecule has 2 rings (SSSR count). The average Bonchev–Trinajstić information content (AvgIpc) is 2.41. The highest BCUT2D eigenvalue weighted by molar-refractivity contribution is 5.94. The molecule has 0 aromatic heterocycles. The zero-order valence-corrected chi connectivity index (χ0v) is 12.2. The number of carbonyl (C=O) groups is 1. The Bertz CT molecular complexity index is 561. The molecular weight excluding hydrogens is 274 g/mol. The fraction of sp³-hybridized carbons (Fsp3) is 0.500. The summed E-state index contributed by atoms with van der Waals surface area (Å²) in [5.74, 6) is -1.25. The van der Waals surface area contributed by atoms with Gasteiger partial charge in [-0.25, -0.2) is 4.79 Å². The van der Waals surface area contributed by atoms with Gasteiger partial charge in [-0.2, -0.15) is 0 Å². The molecule has 0 spiro atoms. The van der Waals surface area contributed by atoms with Gasteiger partial charge in [0.1, 0.15) is 5.56 Å². The Morgan fingerprint density at radius 1 is 1.48 bits per heavy atom. The molecule has 7 heteroatoms. The van der Waals surface area contributed by atoms with Crippen molar-refractivity contribution in [3.8, 4) is 0 Å². The van der Waals surface area contributed by atoms with Crippen molar-refractivity contribution in [1.29, 1.82) is 0 Å². The normalized spacial score (nSPS) is 20.4. The molecule has 1 N–H and O–H groups in total. The lowest BCUT2D eigenvalue weighted by atomic mass is 10.0. The first-order chi connectivity index (χ1) is 9.90. The predicted octanol–water partition coefficient (Wildman–Crippen LogP) is 1.43. The second kappa shape index (κ2) is 6.19. The molecule has 1 aliphatic rings. The second-order valence-electron chi connectivity index (χ2n) is 5.46. The molecule has 1 atom stereocenters. The number of aromatic carboxylic acids is 1. The first-order valence-corrected chi connectivity index (χ1v) is 6.82. The van der Waals surface area contributed by atoms with Crippen LogP contribution >= 0.6 is 0 Å². The largest absolute Gasteiger partial charge is 0.477 e. The van der Waals surface area contributed by atoms with Crippen LogP contribution in [-0.4, -0.2) is 58.5 Å². The molecule has 7 nitrogen and oxygen atoms in total. The third-order valence-electron chi connectivity index (χ3n) is 3.88. The van der Waals surface area contributed by atoms with Gasteiger partial charge in [-0.15, -0.1) is 0 Å². The highest BCUT2D eigenvalue weighted by Crippen LogP contribution is 2.24. The maximum Gasteiger partial charge on any atom is 0.343 e. The van der Waals surface area contributed by atoms with Crippen molar-refractivity contribution < 1.29 is 14.8 Å². The molecular formula is C14H19N3O4. The number of nitro groups is 1. The molecule has 1 saturated heterocycles. The quantitative estimate of drug-likeness (QED) is 0.667. The van der Waals surface area contributed by atoms with Gasteiger partial charge in [0.15, 0.2) is 0 Å². The summed E-state index contributed by atoms with van der Waals surface area (Å²) in [7, 11) is 2.05. The zero-order chi connectivity index (χ0) is 15.6. The van der Waals surface area contributed by atoms with Gasteiger partial charge in [0.25, 0.3) is 5.69 Å². The van der Waals surface area contributed by atoms with Crippen molar-refractivity contribution in [3.05, 3.63) is 39.4 Å². The number of hydrogen-bond donors (Lipinski definition) is 1. The van der Waals surface area contributed by atoms with Gasteiger partial charge in [-0.3, -0.25) is 15.0 Å². The van der Waals surface area contributed by atoms with Gasteiger partial charge >= 0.3 is 5.97 Å². The summed E-state index contributed by atoms with van der Waals surface area (Å²) in [5.41, 5.74) is -0.0523. The smallest absolute Gasteiger partial charge is 0.343 e. The Labute approximate surface area is 122 Å². The number of nitrogens with zero attached hydrogens (tertiary/aromatic N) is 3. The first kappa shape index (κ1) is 15.4. The molecule has 1 fully saturated rings. The Kier molecular flexibility index (Phi) is 4.54. The maximum atomic E-state index is 11.4. The number of nitro benzene ring substituents is 1. The molecule has 0 radical (unpaired) electrons. The molecule has 0 aliphatic carbocycles.